The number of nitrogens with zero attached hydrogens (tertiary/aromatic N) is 5. The van der Waals surface area contributed by atoms with E-state index in [0.29, 0.717) is 22.7 Å². The standard InChI is InChI=1S/C12H10N6O2/c13-7-12-15-14-11-5-4-10(16-17(11)12)8-2-1-3-9(6-8)18(19)20/h1-6H,7,13H2. The lowest BCUT2D eigenvalue weighted by atomic mass is 10.1. The van der Waals surface area contributed by atoms with Crippen LogP contribution in [0, 0.1) is 10.1 Å². The molecule has 1 aromatic carbocycles. The SMILES string of the molecule is NCc1nnc2ccc(-c3cccc([N+](=O)[O-])c3)nn12. The number of aromatic nitrogens is 4. The van der Waals surface area contributed by atoms with Crippen molar-refractivity contribution in [3.8, 4) is 11.3 Å². The molecule has 2 heterocycles. The molecule has 0 aliphatic heterocycles. The van der Waals surface area contributed by atoms with Crippen LogP contribution >= 0.6 is 0 Å². The molecule has 0 atom stereocenters. The van der Waals surface area contributed by atoms with E-state index in [9.17, 15) is 10.1 Å². The molecule has 3 rings (SSSR count). The quantitative estimate of drug-likeness (QED) is 0.564. The van der Waals surface area contributed by atoms with Gasteiger partial charge in [-0.2, -0.15) is 9.61 Å². The van der Waals surface area contributed by atoms with Gasteiger partial charge < -0.3 is 5.73 Å². The van der Waals surface area contributed by atoms with Crippen LogP contribution in [0.25, 0.3) is 16.9 Å². The Kier molecular flexibility index (Phi) is 2.84. The van der Waals surface area contributed by atoms with Gasteiger partial charge in [-0.15, -0.1) is 10.2 Å². The molecule has 0 spiro atoms. The van der Waals surface area contributed by atoms with Crippen molar-refractivity contribution in [1.29, 1.82) is 0 Å². The molecule has 0 aliphatic rings. The van der Waals surface area contributed by atoms with Crippen LogP contribution in [0.4, 0.5) is 5.69 Å². The van der Waals surface area contributed by atoms with Crippen LogP contribution in [0.1, 0.15) is 5.82 Å². The maximum atomic E-state index is 10.8. The molecule has 0 radical (unpaired) electrons. The fourth-order valence-electron chi connectivity index (χ4n) is 1.89. The van der Waals surface area contributed by atoms with E-state index < -0.39 is 4.92 Å². The fourth-order valence-corrected chi connectivity index (χ4v) is 1.89. The van der Waals surface area contributed by atoms with Gasteiger partial charge in [0, 0.05) is 17.7 Å². The number of nitro groups is 1. The van der Waals surface area contributed by atoms with Crippen molar-refractivity contribution in [3.63, 3.8) is 0 Å². The van der Waals surface area contributed by atoms with E-state index >= 15 is 0 Å². The third-order valence-corrected chi connectivity index (χ3v) is 2.86. The monoisotopic (exact) mass is 270 g/mol. The van der Waals surface area contributed by atoms with Crippen molar-refractivity contribution in [2.45, 2.75) is 6.54 Å². The molecule has 0 amide bonds. The Hall–Kier alpha value is -2.87. The summed E-state index contributed by atoms with van der Waals surface area (Å²) in [6.07, 6.45) is 0. The van der Waals surface area contributed by atoms with E-state index in [1.807, 2.05) is 0 Å². The van der Waals surface area contributed by atoms with Crippen LogP contribution < -0.4 is 5.73 Å². The summed E-state index contributed by atoms with van der Waals surface area (Å²) in [5, 5.41) is 23.0. The zero-order valence-electron chi connectivity index (χ0n) is 10.3. The van der Waals surface area contributed by atoms with Crippen molar-refractivity contribution >= 4 is 11.3 Å². The van der Waals surface area contributed by atoms with Gasteiger partial charge in [0.1, 0.15) is 0 Å². The minimum absolute atomic E-state index is 0.0206. The molecular weight excluding hydrogens is 260 g/mol. The molecule has 0 saturated carbocycles. The van der Waals surface area contributed by atoms with Gasteiger partial charge in [-0.25, -0.2) is 0 Å². The van der Waals surface area contributed by atoms with Crippen LogP contribution in [0.5, 0.6) is 0 Å². The van der Waals surface area contributed by atoms with E-state index in [0.717, 1.165) is 0 Å². The minimum Gasteiger partial charge on any atom is -0.324 e. The Bertz CT molecular complexity index is 797. The van der Waals surface area contributed by atoms with Gasteiger partial charge in [0.05, 0.1) is 17.2 Å². The lowest BCUT2D eigenvalue weighted by Crippen LogP contribution is -2.05. The molecule has 0 aliphatic carbocycles. The lowest BCUT2D eigenvalue weighted by Gasteiger charge is -2.02. The third kappa shape index (κ3) is 1.97. The smallest absolute Gasteiger partial charge is 0.270 e. The molecule has 8 heteroatoms. The van der Waals surface area contributed by atoms with Crippen molar-refractivity contribution in [2.24, 2.45) is 5.73 Å². The van der Waals surface area contributed by atoms with E-state index in [4.69, 9.17) is 5.73 Å². The molecular formula is C12H10N6O2. The van der Waals surface area contributed by atoms with Gasteiger partial charge in [0.25, 0.3) is 5.69 Å². The van der Waals surface area contributed by atoms with Gasteiger partial charge in [0.15, 0.2) is 11.5 Å². The zero-order chi connectivity index (χ0) is 14.1. The van der Waals surface area contributed by atoms with E-state index in [1.54, 1.807) is 24.3 Å². The average molecular weight is 270 g/mol. The zero-order valence-corrected chi connectivity index (χ0v) is 10.3. The molecule has 2 N–H and O–H groups in total. The number of rotatable bonds is 3. The second-order valence-corrected chi connectivity index (χ2v) is 4.12. The van der Waals surface area contributed by atoms with Gasteiger partial charge in [-0.1, -0.05) is 12.1 Å². The highest BCUT2D eigenvalue weighted by atomic mass is 16.6. The van der Waals surface area contributed by atoms with E-state index in [-0.39, 0.29) is 12.2 Å². The Morgan fingerprint density at radius 2 is 2.10 bits per heavy atom. The highest BCUT2D eigenvalue weighted by molar-refractivity contribution is 5.63. The van der Waals surface area contributed by atoms with Crippen molar-refractivity contribution in [3.05, 3.63) is 52.3 Å². The number of benzene rings is 1. The molecule has 3 aromatic rings. The maximum Gasteiger partial charge on any atom is 0.270 e. The Balaban J connectivity index is 2.14. The van der Waals surface area contributed by atoms with Gasteiger partial charge >= 0.3 is 0 Å². The highest BCUT2D eigenvalue weighted by Gasteiger charge is 2.10. The fraction of sp³-hybridized carbons (Fsp3) is 0.0833. The first-order valence-corrected chi connectivity index (χ1v) is 5.85. The number of hydrogen-bond donors (Lipinski definition) is 1. The summed E-state index contributed by atoms with van der Waals surface area (Å²) < 4.78 is 1.54. The number of nitro benzene ring substituents is 1. The molecule has 8 nitrogen and oxygen atoms in total. The highest BCUT2D eigenvalue weighted by Crippen LogP contribution is 2.22. The summed E-state index contributed by atoms with van der Waals surface area (Å²) in [6.45, 7) is 0.215. The summed E-state index contributed by atoms with van der Waals surface area (Å²) in [7, 11) is 0. The summed E-state index contributed by atoms with van der Waals surface area (Å²) in [6, 6.07) is 9.77. The second-order valence-electron chi connectivity index (χ2n) is 4.12. The summed E-state index contributed by atoms with van der Waals surface area (Å²) in [4.78, 5) is 10.4. The first-order chi connectivity index (χ1) is 9.69. The molecule has 20 heavy (non-hydrogen) atoms. The van der Waals surface area contributed by atoms with Crippen LogP contribution in [0.2, 0.25) is 0 Å². The largest absolute Gasteiger partial charge is 0.324 e. The third-order valence-electron chi connectivity index (χ3n) is 2.86. The number of non-ortho nitro benzene ring substituents is 1. The predicted octanol–water partition coefficient (Wildman–Crippen LogP) is 1.16. The molecule has 0 bridgehead atoms. The van der Waals surface area contributed by atoms with Crippen LogP contribution in [-0.2, 0) is 6.54 Å². The van der Waals surface area contributed by atoms with Crippen molar-refractivity contribution < 1.29 is 4.92 Å². The van der Waals surface area contributed by atoms with Gasteiger partial charge in [0.2, 0.25) is 0 Å². The van der Waals surface area contributed by atoms with Crippen LogP contribution in [0.3, 0.4) is 0 Å². The van der Waals surface area contributed by atoms with Crippen LogP contribution in [0.15, 0.2) is 36.4 Å². The van der Waals surface area contributed by atoms with E-state index in [1.165, 1.54) is 16.6 Å². The summed E-state index contributed by atoms with van der Waals surface area (Å²) in [5.74, 6) is 0.535. The van der Waals surface area contributed by atoms with Crippen LogP contribution in [-0.4, -0.2) is 24.7 Å². The Labute approximate surface area is 113 Å². The molecule has 0 fully saturated rings. The summed E-state index contributed by atoms with van der Waals surface area (Å²) >= 11 is 0. The van der Waals surface area contributed by atoms with E-state index in [2.05, 4.69) is 15.3 Å². The maximum absolute atomic E-state index is 10.8. The average Bonchev–Trinajstić information content (AvgIpc) is 2.89. The number of nitrogens with two attached hydrogens (primary N) is 1. The molecule has 2 aromatic heterocycles. The lowest BCUT2D eigenvalue weighted by molar-refractivity contribution is -0.384. The van der Waals surface area contributed by atoms with Crippen molar-refractivity contribution in [2.75, 3.05) is 0 Å². The first kappa shape index (κ1) is 12.2. The molecule has 100 valence electrons. The van der Waals surface area contributed by atoms with Gasteiger partial charge in [-0.05, 0) is 12.1 Å². The Morgan fingerprint density at radius 3 is 2.85 bits per heavy atom. The Morgan fingerprint density at radius 1 is 1.25 bits per heavy atom. The number of fused-ring (bicyclic) bond motifs is 1. The molecule has 0 saturated heterocycles. The first-order valence-electron chi connectivity index (χ1n) is 5.85. The second kappa shape index (κ2) is 4.67. The predicted molar refractivity (Wildman–Crippen MR) is 70.8 cm³/mol. The normalized spacial score (nSPS) is 10.8. The number of hydrogen-bond acceptors (Lipinski definition) is 6. The minimum atomic E-state index is -0.438. The van der Waals surface area contributed by atoms with Gasteiger partial charge in [-0.3, -0.25) is 10.1 Å². The summed E-state index contributed by atoms with van der Waals surface area (Å²) in [5.41, 5.74) is 7.41. The van der Waals surface area contributed by atoms with Crippen molar-refractivity contribution in [1.82, 2.24) is 19.8 Å². The topological polar surface area (TPSA) is 112 Å². The molecule has 0 unspecified atom stereocenters.